The molecule has 186 valence electrons. The van der Waals surface area contributed by atoms with Crippen LogP contribution >= 0.6 is 0 Å². The number of piperazine rings is 1. The molecule has 4 aromatic rings. The van der Waals surface area contributed by atoms with Crippen molar-refractivity contribution in [2.24, 2.45) is 0 Å². The highest BCUT2D eigenvalue weighted by Gasteiger charge is 2.21. The van der Waals surface area contributed by atoms with Crippen molar-refractivity contribution in [2.45, 2.75) is 20.8 Å². The Bertz CT molecular complexity index is 1400. The molecule has 36 heavy (non-hydrogen) atoms. The van der Waals surface area contributed by atoms with E-state index < -0.39 is 5.82 Å². The van der Waals surface area contributed by atoms with Gasteiger partial charge in [0.1, 0.15) is 23.5 Å². The zero-order chi connectivity index (χ0) is 25.2. The first-order valence-corrected chi connectivity index (χ1v) is 11.9. The largest absolute Gasteiger partial charge is 0.435 e. The van der Waals surface area contributed by atoms with Crippen molar-refractivity contribution in [1.29, 1.82) is 0 Å². The molecule has 5 rings (SSSR count). The zero-order valence-corrected chi connectivity index (χ0v) is 20.5. The standard InChI is InChI=1S/C26H28FN7O2/c1-4-33-9-11-34(12-10-33)18-5-8-22(28-14-18)32-25-23(17(3)35)26(30-15-29-25)36-21-7-6-20-19(24(21)27)13-16(2)31-20/h5-8,13-15,31H,4,9-12H2,1-3H3,(H,28,29,30,32). The lowest BCUT2D eigenvalue weighted by Crippen LogP contribution is -2.46. The molecule has 0 amide bonds. The molecule has 10 heteroatoms. The van der Waals surface area contributed by atoms with Crippen molar-refractivity contribution in [1.82, 2.24) is 24.8 Å². The van der Waals surface area contributed by atoms with Crippen LogP contribution in [0.25, 0.3) is 10.9 Å². The molecule has 0 bridgehead atoms. The first kappa shape index (κ1) is 23.7. The lowest BCUT2D eigenvalue weighted by atomic mass is 10.2. The summed E-state index contributed by atoms with van der Waals surface area (Å²) in [6, 6.07) is 8.77. The number of likely N-dealkylation sites (N-methyl/N-ethyl adjacent to an activating group) is 1. The number of carbonyl (C=O) groups is 1. The molecule has 0 unspecified atom stereocenters. The maximum atomic E-state index is 15.1. The van der Waals surface area contributed by atoms with Crippen molar-refractivity contribution < 1.29 is 13.9 Å². The smallest absolute Gasteiger partial charge is 0.235 e. The van der Waals surface area contributed by atoms with Gasteiger partial charge in [-0.15, -0.1) is 0 Å². The number of hydrogen-bond acceptors (Lipinski definition) is 8. The van der Waals surface area contributed by atoms with Crippen LogP contribution in [0.2, 0.25) is 0 Å². The van der Waals surface area contributed by atoms with Crippen molar-refractivity contribution >= 4 is 34.0 Å². The molecule has 1 aromatic carbocycles. The summed E-state index contributed by atoms with van der Waals surface area (Å²) >= 11 is 0. The summed E-state index contributed by atoms with van der Waals surface area (Å²) in [5.74, 6) is -0.152. The van der Waals surface area contributed by atoms with E-state index in [4.69, 9.17) is 4.74 Å². The monoisotopic (exact) mass is 489 g/mol. The van der Waals surface area contributed by atoms with Crippen molar-refractivity contribution in [2.75, 3.05) is 42.9 Å². The zero-order valence-electron chi connectivity index (χ0n) is 20.5. The minimum Gasteiger partial charge on any atom is -0.435 e. The Morgan fingerprint density at radius 3 is 2.64 bits per heavy atom. The number of halogens is 1. The Balaban J connectivity index is 1.37. The summed E-state index contributed by atoms with van der Waals surface area (Å²) in [6.07, 6.45) is 3.07. The number of fused-ring (bicyclic) bond motifs is 1. The van der Waals surface area contributed by atoms with Gasteiger partial charge in [-0.1, -0.05) is 6.92 Å². The number of carbonyl (C=O) groups excluding carboxylic acids is 1. The number of aromatic amines is 1. The van der Waals surface area contributed by atoms with Crippen LogP contribution in [-0.2, 0) is 0 Å². The van der Waals surface area contributed by atoms with E-state index in [1.165, 1.54) is 19.3 Å². The summed E-state index contributed by atoms with van der Waals surface area (Å²) in [4.78, 5) is 33.2. The van der Waals surface area contributed by atoms with Crippen LogP contribution in [0.3, 0.4) is 0 Å². The number of rotatable bonds is 7. The number of hydrogen-bond donors (Lipinski definition) is 2. The van der Waals surface area contributed by atoms with Gasteiger partial charge in [0, 0.05) is 42.8 Å². The molecule has 0 radical (unpaired) electrons. The maximum Gasteiger partial charge on any atom is 0.235 e. The van der Waals surface area contributed by atoms with Crippen LogP contribution in [0.1, 0.15) is 29.9 Å². The molecule has 0 spiro atoms. The van der Waals surface area contributed by atoms with Gasteiger partial charge >= 0.3 is 0 Å². The number of benzene rings is 1. The average Bonchev–Trinajstić information content (AvgIpc) is 3.27. The number of Topliss-reactive ketones (excluding diaryl/α,β-unsaturated/α-hetero) is 1. The number of aromatic nitrogens is 4. The highest BCUT2D eigenvalue weighted by molar-refractivity contribution is 6.01. The van der Waals surface area contributed by atoms with Gasteiger partial charge in [-0.2, -0.15) is 0 Å². The third-order valence-electron chi connectivity index (χ3n) is 6.39. The summed E-state index contributed by atoms with van der Waals surface area (Å²) in [6.45, 7) is 10.4. The summed E-state index contributed by atoms with van der Waals surface area (Å²) in [5, 5.41) is 3.49. The number of anilines is 3. The topological polar surface area (TPSA) is 99.3 Å². The Hall–Kier alpha value is -4.05. The van der Waals surface area contributed by atoms with Gasteiger partial charge in [-0.3, -0.25) is 4.79 Å². The second-order valence-corrected chi connectivity index (χ2v) is 8.80. The van der Waals surface area contributed by atoms with Crippen LogP contribution in [0.4, 0.5) is 21.7 Å². The predicted molar refractivity (Wildman–Crippen MR) is 137 cm³/mol. The molecule has 4 heterocycles. The first-order chi connectivity index (χ1) is 17.4. The minimum atomic E-state index is -0.531. The first-order valence-electron chi connectivity index (χ1n) is 11.9. The van der Waals surface area contributed by atoms with E-state index >= 15 is 4.39 Å². The van der Waals surface area contributed by atoms with Crippen molar-refractivity contribution in [3.63, 3.8) is 0 Å². The van der Waals surface area contributed by atoms with Crippen LogP contribution < -0.4 is 15.0 Å². The Morgan fingerprint density at radius 2 is 1.94 bits per heavy atom. The summed E-state index contributed by atoms with van der Waals surface area (Å²) in [7, 11) is 0. The SMILES string of the molecule is CCN1CCN(c2ccc(Nc3ncnc(Oc4ccc5[nH]c(C)cc5c4F)c3C(C)=O)nc2)CC1. The number of pyridine rings is 1. The molecule has 1 aliphatic heterocycles. The predicted octanol–water partition coefficient (Wildman–Crippen LogP) is 4.68. The summed E-state index contributed by atoms with van der Waals surface area (Å²) in [5.41, 5.74) is 2.65. The van der Waals surface area contributed by atoms with E-state index in [9.17, 15) is 4.79 Å². The molecular weight excluding hydrogens is 461 g/mol. The normalized spacial score (nSPS) is 14.3. The van der Waals surface area contributed by atoms with Crippen LogP contribution in [0.5, 0.6) is 11.6 Å². The third kappa shape index (κ3) is 4.72. The molecule has 0 aliphatic carbocycles. The van der Waals surface area contributed by atoms with Crippen molar-refractivity contribution in [3.8, 4) is 11.6 Å². The fourth-order valence-corrected chi connectivity index (χ4v) is 4.42. The number of H-pyrrole nitrogens is 1. The molecule has 1 saturated heterocycles. The Morgan fingerprint density at radius 1 is 1.14 bits per heavy atom. The van der Waals surface area contributed by atoms with E-state index in [0.717, 1.165) is 44.1 Å². The second kappa shape index (κ2) is 9.90. The average molecular weight is 490 g/mol. The molecule has 2 N–H and O–H groups in total. The molecule has 0 atom stereocenters. The van der Waals surface area contributed by atoms with Crippen LogP contribution in [0, 0.1) is 12.7 Å². The number of nitrogens with one attached hydrogen (secondary N) is 2. The molecular formula is C26H28FN7O2. The summed E-state index contributed by atoms with van der Waals surface area (Å²) < 4.78 is 20.9. The fourth-order valence-electron chi connectivity index (χ4n) is 4.42. The lowest BCUT2D eigenvalue weighted by Gasteiger charge is -2.35. The molecule has 0 saturated carbocycles. The van der Waals surface area contributed by atoms with Crippen molar-refractivity contribution in [3.05, 3.63) is 59.9 Å². The third-order valence-corrected chi connectivity index (χ3v) is 6.39. The molecule has 1 aliphatic rings. The van der Waals surface area contributed by atoms with E-state index in [1.807, 2.05) is 19.1 Å². The highest BCUT2D eigenvalue weighted by atomic mass is 19.1. The van der Waals surface area contributed by atoms with Gasteiger partial charge in [-0.25, -0.2) is 19.3 Å². The Labute approximate surface area is 208 Å². The van der Waals surface area contributed by atoms with E-state index in [2.05, 4.69) is 42.0 Å². The van der Waals surface area contributed by atoms with E-state index in [-0.39, 0.29) is 28.8 Å². The molecule has 9 nitrogen and oxygen atoms in total. The van der Waals surface area contributed by atoms with Gasteiger partial charge in [-0.05, 0) is 50.7 Å². The second-order valence-electron chi connectivity index (χ2n) is 8.80. The van der Waals surface area contributed by atoms with Gasteiger partial charge in [0.15, 0.2) is 17.3 Å². The Kier molecular flexibility index (Phi) is 6.51. The van der Waals surface area contributed by atoms with E-state index in [1.54, 1.807) is 18.3 Å². The van der Waals surface area contributed by atoms with Crippen LogP contribution in [0.15, 0.2) is 42.9 Å². The lowest BCUT2D eigenvalue weighted by molar-refractivity contribution is 0.101. The van der Waals surface area contributed by atoms with Crippen LogP contribution in [-0.4, -0.2) is 63.3 Å². The number of aryl methyl sites for hydroxylation is 1. The number of ketones is 1. The minimum absolute atomic E-state index is 0.0284. The van der Waals surface area contributed by atoms with Gasteiger partial charge in [0.05, 0.1) is 11.9 Å². The van der Waals surface area contributed by atoms with Gasteiger partial charge < -0.3 is 24.8 Å². The molecule has 1 fully saturated rings. The quantitative estimate of drug-likeness (QED) is 0.361. The highest BCUT2D eigenvalue weighted by Crippen LogP contribution is 2.33. The van der Waals surface area contributed by atoms with Gasteiger partial charge in [0.2, 0.25) is 5.88 Å². The maximum absolute atomic E-state index is 15.1. The number of nitrogens with zero attached hydrogens (tertiary/aromatic N) is 5. The van der Waals surface area contributed by atoms with Gasteiger partial charge in [0.25, 0.3) is 0 Å². The fraction of sp³-hybridized carbons (Fsp3) is 0.308. The number of ether oxygens (including phenoxy) is 1. The van der Waals surface area contributed by atoms with E-state index in [0.29, 0.717) is 16.7 Å². The molecule has 3 aromatic heterocycles.